The highest BCUT2D eigenvalue weighted by atomic mass is 14.9. The second-order valence-corrected chi connectivity index (χ2v) is 5.78. The molecule has 3 rings (SSSR count). The van der Waals surface area contributed by atoms with Crippen LogP contribution >= 0.6 is 0 Å². The Morgan fingerprint density at radius 2 is 2.11 bits per heavy atom. The second kappa shape index (κ2) is 5.70. The highest BCUT2D eigenvalue weighted by Gasteiger charge is 2.23. The summed E-state index contributed by atoms with van der Waals surface area (Å²) >= 11 is 0. The Morgan fingerprint density at radius 1 is 1.26 bits per heavy atom. The number of pyridine rings is 1. The predicted molar refractivity (Wildman–Crippen MR) is 80.3 cm³/mol. The van der Waals surface area contributed by atoms with Gasteiger partial charge in [0.15, 0.2) is 0 Å². The van der Waals surface area contributed by atoms with Crippen LogP contribution in [0.15, 0.2) is 36.5 Å². The number of benzene rings is 1. The zero-order valence-electron chi connectivity index (χ0n) is 11.6. The first kappa shape index (κ1) is 12.6. The van der Waals surface area contributed by atoms with Crippen molar-refractivity contribution in [1.82, 2.24) is 10.3 Å². The lowest BCUT2D eigenvalue weighted by atomic mass is 10.1. The van der Waals surface area contributed by atoms with Crippen molar-refractivity contribution >= 4 is 10.9 Å². The Kier molecular flexibility index (Phi) is 3.79. The number of para-hydroxylation sites is 1. The highest BCUT2D eigenvalue weighted by molar-refractivity contribution is 5.81. The number of hydrogen-bond donors (Lipinski definition) is 1. The quantitative estimate of drug-likeness (QED) is 0.852. The zero-order chi connectivity index (χ0) is 13.1. The first-order valence-electron chi connectivity index (χ1n) is 7.39. The molecular formula is C17H22N2. The molecule has 1 N–H and O–H groups in total. The molecule has 1 aromatic heterocycles. The van der Waals surface area contributed by atoms with Gasteiger partial charge in [-0.05, 0) is 43.9 Å². The fraction of sp³-hybridized carbons (Fsp3) is 0.471. The van der Waals surface area contributed by atoms with Crippen LogP contribution in [0.3, 0.4) is 0 Å². The van der Waals surface area contributed by atoms with E-state index in [9.17, 15) is 0 Å². The predicted octanol–water partition coefficient (Wildman–Crippen LogP) is 3.56. The standard InChI is InChI=1S/C17H22N2/c1-13(12-14-7-8-14)18-11-9-16-5-2-4-15-6-3-10-19-17(15)16/h2-6,10,13-14,18H,7-9,11-12H2,1H3. The van der Waals surface area contributed by atoms with Crippen molar-refractivity contribution in [2.75, 3.05) is 6.54 Å². The molecule has 2 nitrogen and oxygen atoms in total. The van der Waals surface area contributed by atoms with Crippen LogP contribution in [-0.4, -0.2) is 17.6 Å². The molecule has 1 unspecified atom stereocenters. The fourth-order valence-corrected chi connectivity index (χ4v) is 2.76. The van der Waals surface area contributed by atoms with Gasteiger partial charge in [0.05, 0.1) is 5.52 Å². The third kappa shape index (κ3) is 3.32. The van der Waals surface area contributed by atoms with Gasteiger partial charge < -0.3 is 5.32 Å². The van der Waals surface area contributed by atoms with Crippen molar-refractivity contribution in [3.05, 3.63) is 42.1 Å². The van der Waals surface area contributed by atoms with Gasteiger partial charge in [-0.25, -0.2) is 0 Å². The van der Waals surface area contributed by atoms with Crippen LogP contribution in [0, 0.1) is 5.92 Å². The van der Waals surface area contributed by atoms with Crippen molar-refractivity contribution in [2.24, 2.45) is 5.92 Å². The third-order valence-electron chi connectivity index (χ3n) is 3.99. The Balaban J connectivity index is 1.58. The molecule has 1 heterocycles. The molecule has 0 spiro atoms. The molecule has 1 fully saturated rings. The van der Waals surface area contributed by atoms with Crippen LogP contribution in [0.5, 0.6) is 0 Å². The number of fused-ring (bicyclic) bond motifs is 1. The summed E-state index contributed by atoms with van der Waals surface area (Å²) in [5.41, 5.74) is 2.51. The number of aromatic nitrogens is 1. The molecule has 100 valence electrons. The van der Waals surface area contributed by atoms with E-state index >= 15 is 0 Å². The van der Waals surface area contributed by atoms with Gasteiger partial charge in [-0.3, -0.25) is 4.98 Å². The summed E-state index contributed by atoms with van der Waals surface area (Å²) in [6.45, 7) is 3.35. The summed E-state index contributed by atoms with van der Waals surface area (Å²) in [5, 5.41) is 4.88. The van der Waals surface area contributed by atoms with Gasteiger partial charge in [-0.15, -0.1) is 0 Å². The monoisotopic (exact) mass is 254 g/mol. The van der Waals surface area contributed by atoms with Crippen molar-refractivity contribution < 1.29 is 0 Å². The smallest absolute Gasteiger partial charge is 0.0734 e. The van der Waals surface area contributed by atoms with E-state index in [0.717, 1.165) is 24.4 Å². The number of rotatable bonds is 6. The Labute approximate surface area is 115 Å². The van der Waals surface area contributed by atoms with Crippen molar-refractivity contribution in [3.63, 3.8) is 0 Å². The van der Waals surface area contributed by atoms with E-state index in [1.54, 1.807) is 0 Å². The van der Waals surface area contributed by atoms with Gasteiger partial charge in [0, 0.05) is 17.6 Å². The Bertz CT molecular complexity index is 540. The molecule has 2 aromatic rings. The summed E-state index contributed by atoms with van der Waals surface area (Å²) in [4.78, 5) is 4.51. The summed E-state index contributed by atoms with van der Waals surface area (Å²) in [6, 6.07) is 11.2. The molecule has 0 radical (unpaired) electrons. The average Bonchev–Trinajstić information content (AvgIpc) is 3.23. The molecule has 1 aromatic carbocycles. The van der Waals surface area contributed by atoms with E-state index in [-0.39, 0.29) is 0 Å². The molecule has 2 heteroatoms. The number of nitrogens with one attached hydrogen (secondary N) is 1. The number of hydrogen-bond acceptors (Lipinski definition) is 2. The largest absolute Gasteiger partial charge is 0.314 e. The normalized spacial score (nSPS) is 16.7. The van der Waals surface area contributed by atoms with Crippen LogP contribution < -0.4 is 5.32 Å². The molecular weight excluding hydrogens is 232 g/mol. The lowest BCUT2D eigenvalue weighted by molar-refractivity contribution is 0.491. The molecule has 1 saturated carbocycles. The maximum atomic E-state index is 4.51. The maximum Gasteiger partial charge on any atom is 0.0734 e. The van der Waals surface area contributed by atoms with Crippen LogP contribution in [-0.2, 0) is 6.42 Å². The van der Waals surface area contributed by atoms with Crippen LogP contribution in [0.25, 0.3) is 10.9 Å². The highest BCUT2D eigenvalue weighted by Crippen LogP contribution is 2.33. The van der Waals surface area contributed by atoms with E-state index in [1.165, 1.54) is 30.2 Å². The van der Waals surface area contributed by atoms with Crippen LogP contribution in [0.1, 0.15) is 31.7 Å². The second-order valence-electron chi connectivity index (χ2n) is 5.78. The lowest BCUT2D eigenvalue weighted by Crippen LogP contribution is -2.28. The average molecular weight is 254 g/mol. The topological polar surface area (TPSA) is 24.9 Å². The molecule has 1 aliphatic carbocycles. The van der Waals surface area contributed by atoms with E-state index in [2.05, 4.69) is 41.5 Å². The molecule has 1 atom stereocenters. The van der Waals surface area contributed by atoms with E-state index in [1.807, 2.05) is 12.3 Å². The Hall–Kier alpha value is -1.41. The van der Waals surface area contributed by atoms with Gasteiger partial charge in [0.2, 0.25) is 0 Å². The lowest BCUT2D eigenvalue weighted by Gasteiger charge is -2.13. The first-order chi connectivity index (χ1) is 9.33. The van der Waals surface area contributed by atoms with Crippen molar-refractivity contribution in [3.8, 4) is 0 Å². The minimum Gasteiger partial charge on any atom is -0.314 e. The van der Waals surface area contributed by atoms with E-state index in [4.69, 9.17) is 0 Å². The number of nitrogens with zero attached hydrogens (tertiary/aromatic N) is 1. The minimum atomic E-state index is 0.649. The molecule has 0 saturated heterocycles. The van der Waals surface area contributed by atoms with Gasteiger partial charge in [-0.1, -0.05) is 37.1 Å². The molecule has 0 aliphatic heterocycles. The summed E-state index contributed by atoms with van der Waals surface area (Å²) in [6.07, 6.45) is 7.17. The Morgan fingerprint density at radius 3 is 2.95 bits per heavy atom. The molecule has 0 bridgehead atoms. The summed E-state index contributed by atoms with van der Waals surface area (Å²) < 4.78 is 0. The van der Waals surface area contributed by atoms with E-state index < -0.39 is 0 Å². The van der Waals surface area contributed by atoms with Crippen LogP contribution in [0.4, 0.5) is 0 Å². The van der Waals surface area contributed by atoms with Crippen molar-refractivity contribution in [1.29, 1.82) is 0 Å². The van der Waals surface area contributed by atoms with Gasteiger partial charge >= 0.3 is 0 Å². The maximum absolute atomic E-state index is 4.51. The SMILES string of the molecule is CC(CC1CC1)NCCc1cccc2cccnc12. The minimum absolute atomic E-state index is 0.649. The third-order valence-corrected chi connectivity index (χ3v) is 3.99. The van der Waals surface area contributed by atoms with Gasteiger partial charge in [-0.2, -0.15) is 0 Å². The van der Waals surface area contributed by atoms with Gasteiger partial charge in [0.1, 0.15) is 0 Å². The molecule has 0 amide bonds. The first-order valence-corrected chi connectivity index (χ1v) is 7.39. The fourth-order valence-electron chi connectivity index (χ4n) is 2.76. The molecule has 1 aliphatic rings. The summed E-state index contributed by atoms with van der Waals surface area (Å²) in [7, 11) is 0. The van der Waals surface area contributed by atoms with Gasteiger partial charge in [0.25, 0.3) is 0 Å². The zero-order valence-corrected chi connectivity index (χ0v) is 11.6. The molecule has 19 heavy (non-hydrogen) atoms. The van der Waals surface area contributed by atoms with Crippen LogP contribution in [0.2, 0.25) is 0 Å². The van der Waals surface area contributed by atoms with E-state index in [0.29, 0.717) is 6.04 Å². The van der Waals surface area contributed by atoms with Crippen molar-refractivity contribution in [2.45, 2.75) is 38.6 Å². The summed E-state index contributed by atoms with van der Waals surface area (Å²) in [5.74, 6) is 1.00.